The van der Waals surface area contributed by atoms with Crippen LogP contribution in [0.1, 0.15) is 61.7 Å². The zero-order valence-corrected chi connectivity index (χ0v) is 15.9. The first-order valence-corrected chi connectivity index (χ1v) is 10.2. The van der Waals surface area contributed by atoms with Crippen LogP contribution >= 0.6 is 0 Å². The second-order valence-corrected chi connectivity index (χ2v) is 8.32. The second-order valence-electron chi connectivity index (χ2n) is 8.32. The van der Waals surface area contributed by atoms with E-state index in [0.29, 0.717) is 45.2 Å². The van der Waals surface area contributed by atoms with Crippen molar-refractivity contribution in [2.45, 2.75) is 69.1 Å². The van der Waals surface area contributed by atoms with Gasteiger partial charge in [-0.1, -0.05) is 0 Å². The summed E-state index contributed by atoms with van der Waals surface area (Å²) in [6, 6.07) is 3.61. The number of hydrogen-bond acceptors (Lipinski definition) is 4. The van der Waals surface area contributed by atoms with Crippen LogP contribution in [-0.4, -0.2) is 62.6 Å². The van der Waals surface area contributed by atoms with Crippen LogP contribution < -0.4 is 0 Å². The van der Waals surface area contributed by atoms with Gasteiger partial charge in [-0.3, -0.25) is 9.59 Å². The molecule has 1 aliphatic carbocycles. The number of phenols is 1. The molecule has 1 aromatic rings. The predicted molar refractivity (Wildman–Crippen MR) is 100 cm³/mol. The fraction of sp³-hybridized carbons (Fsp3) is 0.619. The Labute approximate surface area is 163 Å². The molecule has 2 saturated heterocycles. The van der Waals surface area contributed by atoms with Gasteiger partial charge in [-0.25, -0.2) is 4.39 Å². The summed E-state index contributed by atoms with van der Waals surface area (Å²) in [5.74, 6) is -1.51. The third-order valence-corrected chi connectivity index (χ3v) is 6.67. The molecule has 1 aromatic carbocycles. The number of carbonyl (C=O) groups excluding carboxylic acids is 2. The molecule has 3 fully saturated rings. The molecule has 1 atom stereocenters. The summed E-state index contributed by atoms with van der Waals surface area (Å²) in [5.41, 5.74) is -1.000. The van der Waals surface area contributed by atoms with Crippen LogP contribution in [0, 0.1) is 5.82 Å². The minimum absolute atomic E-state index is 0.0230. The van der Waals surface area contributed by atoms with Gasteiger partial charge in [-0.15, -0.1) is 0 Å². The zero-order chi connectivity index (χ0) is 19.9. The number of aliphatic hydroxyl groups excluding tert-OH is 1. The summed E-state index contributed by atoms with van der Waals surface area (Å²) in [6.07, 6.45) is 5.40. The van der Waals surface area contributed by atoms with Crippen LogP contribution in [0.4, 0.5) is 4.39 Å². The Morgan fingerprint density at radius 1 is 1.11 bits per heavy atom. The van der Waals surface area contributed by atoms with Gasteiger partial charge in [0.2, 0.25) is 5.91 Å². The highest BCUT2D eigenvalue weighted by molar-refractivity contribution is 6.00. The van der Waals surface area contributed by atoms with E-state index in [1.807, 2.05) is 4.90 Å². The van der Waals surface area contributed by atoms with Crippen molar-refractivity contribution < 1.29 is 24.2 Å². The fourth-order valence-electron chi connectivity index (χ4n) is 5.22. The van der Waals surface area contributed by atoms with E-state index in [4.69, 9.17) is 0 Å². The SMILES string of the molecule is O=C(c1ccc(O)cc1F)N1CCCC12CCCN(C1CCC(O)CC1)C2=O. The molecule has 2 N–H and O–H groups in total. The van der Waals surface area contributed by atoms with Gasteiger partial charge in [0.05, 0.1) is 11.7 Å². The van der Waals surface area contributed by atoms with Gasteiger partial charge in [0, 0.05) is 25.2 Å². The number of aliphatic hydroxyl groups is 1. The van der Waals surface area contributed by atoms with E-state index in [1.165, 1.54) is 12.1 Å². The molecule has 0 aromatic heterocycles. The molecule has 1 unspecified atom stereocenters. The van der Waals surface area contributed by atoms with Gasteiger partial charge in [0.1, 0.15) is 17.1 Å². The van der Waals surface area contributed by atoms with Crippen molar-refractivity contribution in [3.8, 4) is 5.75 Å². The number of rotatable bonds is 2. The lowest BCUT2D eigenvalue weighted by Crippen LogP contribution is -2.63. The monoisotopic (exact) mass is 390 g/mol. The van der Waals surface area contributed by atoms with E-state index in [9.17, 15) is 24.2 Å². The normalized spacial score (nSPS) is 30.9. The zero-order valence-electron chi connectivity index (χ0n) is 15.9. The quantitative estimate of drug-likeness (QED) is 0.813. The third-order valence-electron chi connectivity index (χ3n) is 6.67. The van der Waals surface area contributed by atoms with E-state index in [1.54, 1.807) is 4.90 Å². The Morgan fingerprint density at radius 2 is 1.79 bits per heavy atom. The number of nitrogens with zero attached hydrogens (tertiary/aromatic N) is 2. The average Bonchev–Trinajstić information content (AvgIpc) is 3.09. The first kappa shape index (κ1) is 19.2. The van der Waals surface area contributed by atoms with Crippen LogP contribution in [0.15, 0.2) is 18.2 Å². The number of carbonyl (C=O) groups is 2. The Hall–Kier alpha value is -2.15. The van der Waals surface area contributed by atoms with E-state index in [0.717, 1.165) is 25.3 Å². The van der Waals surface area contributed by atoms with Gasteiger partial charge < -0.3 is 20.0 Å². The number of amides is 2. The minimum Gasteiger partial charge on any atom is -0.508 e. The maximum absolute atomic E-state index is 14.3. The number of piperidine rings is 1. The summed E-state index contributed by atoms with van der Waals surface area (Å²) in [4.78, 5) is 30.2. The lowest BCUT2D eigenvalue weighted by atomic mass is 9.82. The smallest absolute Gasteiger partial charge is 0.257 e. The van der Waals surface area contributed by atoms with Crippen molar-refractivity contribution in [2.75, 3.05) is 13.1 Å². The molecule has 1 saturated carbocycles. The molecule has 4 rings (SSSR count). The third kappa shape index (κ3) is 3.15. The molecular formula is C21H27FN2O4. The number of likely N-dealkylation sites (tertiary alicyclic amines) is 2. The van der Waals surface area contributed by atoms with Crippen LogP contribution in [0.5, 0.6) is 5.75 Å². The highest BCUT2D eigenvalue weighted by atomic mass is 19.1. The molecule has 2 amide bonds. The molecule has 1 spiro atoms. The number of hydrogen-bond donors (Lipinski definition) is 2. The lowest BCUT2D eigenvalue weighted by molar-refractivity contribution is -0.149. The Morgan fingerprint density at radius 3 is 2.46 bits per heavy atom. The molecule has 2 aliphatic heterocycles. The summed E-state index contributed by atoms with van der Waals surface area (Å²) >= 11 is 0. The van der Waals surface area contributed by atoms with Crippen molar-refractivity contribution in [1.82, 2.24) is 9.80 Å². The van der Waals surface area contributed by atoms with Gasteiger partial charge in [-0.2, -0.15) is 0 Å². The topological polar surface area (TPSA) is 81.1 Å². The summed E-state index contributed by atoms with van der Waals surface area (Å²) < 4.78 is 14.3. The second kappa shape index (κ2) is 7.35. The van der Waals surface area contributed by atoms with E-state index >= 15 is 0 Å². The summed E-state index contributed by atoms with van der Waals surface area (Å²) in [6.45, 7) is 1.11. The highest BCUT2D eigenvalue weighted by Crippen LogP contribution is 2.41. The molecule has 0 radical (unpaired) electrons. The minimum atomic E-state index is -0.893. The van der Waals surface area contributed by atoms with Gasteiger partial charge in [-0.05, 0) is 63.5 Å². The van der Waals surface area contributed by atoms with Crippen molar-refractivity contribution in [3.05, 3.63) is 29.6 Å². The van der Waals surface area contributed by atoms with Crippen molar-refractivity contribution in [3.63, 3.8) is 0 Å². The lowest BCUT2D eigenvalue weighted by Gasteiger charge is -2.48. The Kier molecular flexibility index (Phi) is 5.04. The fourth-order valence-corrected chi connectivity index (χ4v) is 5.22. The molecule has 7 heteroatoms. The molecule has 2 heterocycles. The Balaban J connectivity index is 1.60. The molecule has 28 heavy (non-hydrogen) atoms. The summed E-state index contributed by atoms with van der Waals surface area (Å²) in [5, 5.41) is 19.2. The first-order chi connectivity index (χ1) is 13.4. The van der Waals surface area contributed by atoms with Crippen LogP contribution in [-0.2, 0) is 4.79 Å². The number of aromatic hydroxyl groups is 1. The van der Waals surface area contributed by atoms with Crippen molar-refractivity contribution in [2.24, 2.45) is 0 Å². The van der Waals surface area contributed by atoms with Gasteiger partial charge in [0.15, 0.2) is 0 Å². The molecular weight excluding hydrogens is 363 g/mol. The average molecular weight is 390 g/mol. The van der Waals surface area contributed by atoms with Crippen molar-refractivity contribution >= 4 is 11.8 Å². The van der Waals surface area contributed by atoms with E-state index in [2.05, 4.69) is 0 Å². The molecule has 3 aliphatic rings. The van der Waals surface area contributed by atoms with Crippen LogP contribution in [0.3, 0.4) is 0 Å². The molecule has 0 bridgehead atoms. The Bertz CT molecular complexity index is 778. The highest BCUT2D eigenvalue weighted by Gasteiger charge is 2.54. The largest absolute Gasteiger partial charge is 0.508 e. The van der Waals surface area contributed by atoms with Crippen molar-refractivity contribution in [1.29, 1.82) is 0 Å². The van der Waals surface area contributed by atoms with E-state index in [-0.39, 0.29) is 29.4 Å². The predicted octanol–water partition coefficient (Wildman–Crippen LogP) is 2.43. The summed E-state index contributed by atoms with van der Waals surface area (Å²) in [7, 11) is 0. The number of halogens is 1. The van der Waals surface area contributed by atoms with Gasteiger partial charge >= 0.3 is 0 Å². The first-order valence-electron chi connectivity index (χ1n) is 10.2. The molecule has 152 valence electrons. The van der Waals surface area contributed by atoms with E-state index < -0.39 is 17.3 Å². The maximum Gasteiger partial charge on any atom is 0.257 e. The van der Waals surface area contributed by atoms with Gasteiger partial charge in [0.25, 0.3) is 5.91 Å². The molecule has 6 nitrogen and oxygen atoms in total. The van der Waals surface area contributed by atoms with Crippen LogP contribution in [0.25, 0.3) is 0 Å². The maximum atomic E-state index is 14.3. The number of benzene rings is 1. The number of phenolic OH excluding ortho intramolecular Hbond substituents is 1. The standard InChI is InChI=1S/C21H27FN2O4/c22-18-13-16(26)7-8-17(18)19(27)24-12-2-10-21(24)9-1-11-23(20(21)28)14-3-5-15(25)6-4-14/h7-8,13-15,25-26H,1-6,9-12H2. The van der Waals surface area contributed by atoms with Crippen LogP contribution in [0.2, 0.25) is 0 Å².